The van der Waals surface area contributed by atoms with Crippen LogP contribution in [0.3, 0.4) is 0 Å². The van der Waals surface area contributed by atoms with Gasteiger partial charge in [-0.15, -0.1) is 0 Å². The Balaban J connectivity index is 1.67. The topological polar surface area (TPSA) is 90.4 Å². The van der Waals surface area contributed by atoms with Crippen LogP contribution in [0.25, 0.3) is 0 Å². The molecular weight excluding hydrogens is 266 g/mol. The summed E-state index contributed by atoms with van der Waals surface area (Å²) in [5.74, 6) is 0.503. The molecule has 5 nitrogen and oxygen atoms in total. The third-order valence-electron chi connectivity index (χ3n) is 5.49. The third kappa shape index (κ3) is 2.93. The predicted octanol–water partition coefficient (Wildman–Crippen LogP) is 1.16. The number of hydrogen-bond acceptors (Lipinski definition) is 4. The Morgan fingerprint density at radius 2 is 2.00 bits per heavy atom. The molecule has 0 bridgehead atoms. The quantitative estimate of drug-likeness (QED) is 0.798. The minimum Gasteiger partial charge on any atom is -0.393 e. The van der Waals surface area contributed by atoms with Gasteiger partial charge in [0.15, 0.2) is 0 Å². The molecule has 0 spiro atoms. The van der Waals surface area contributed by atoms with E-state index in [1.54, 1.807) is 4.90 Å². The summed E-state index contributed by atoms with van der Waals surface area (Å²) in [6, 6.07) is 1.65. The normalized spacial score (nSPS) is 40.6. The van der Waals surface area contributed by atoms with Gasteiger partial charge in [-0.1, -0.05) is 19.3 Å². The SMILES string of the molecule is N#C[C@@H]1C[C@@H]2C[C@@H]2N1C(=O)[C@@H](N)C1CCCCCC(O)C1. The van der Waals surface area contributed by atoms with Crippen LogP contribution in [0.15, 0.2) is 0 Å². The third-order valence-corrected chi connectivity index (χ3v) is 5.49. The number of rotatable bonds is 2. The molecule has 0 radical (unpaired) electrons. The lowest BCUT2D eigenvalue weighted by molar-refractivity contribution is -0.135. The average Bonchev–Trinajstić information content (AvgIpc) is 3.12. The summed E-state index contributed by atoms with van der Waals surface area (Å²) in [6.07, 6.45) is 7.07. The summed E-state index contributed by atoms with van der Waals surface area (Å²) in [7, 11) is 0. The van der Waals surface area contributed by atoms with E-state index in [1.807, 2.05) is 0 Å². The van der Waals surface area contributed by atoms with Gasteiger partial charge in [0.1, 0.15) is 6.04 Å². The molecule has 1 amide bonds. The summed E-state index contributed by atoms with van der Waals surface area (Å²) in [4.78, 5) is 14.5. The number of carbonyl (C=O) groups excluding carboxylic acids is 1. The molecule has 2 unspecified atom stereocenters. The summed E-state index contributed by atoms with van der Waals surface area (Å²) in [5.41, 5.74) is 6.24. The molecule has 2 saturated carbocycles. The standard InChI is InChI=1S/C16H25N3O2/c17-9-12-6-11-8-14(11)19(12)16(21)15(18)10-4-2-1-3-5-13(20)7-10/h10-15,20H,1-8,18H2/t10?,11-,12+,13?,14+,15+/m1/s1. The zero-order valence-electron chi connectivity index (χ0n) is 12.4. The molecule has 0 aromatic rings. The highest BCUT2D eigenvalue weighted by atomic mass is 16.3. The number of fused-ring (bicyclic) bond motifs is 1. The smallest absolute Gasteiger partial charge is 0.241 e. The largest absolute Gasteiger partial charge is 0.393 e. The van der Waals surface area contributed by atoms with Gasteiger partial charge in [0.05, 0.1) is 18.2 Å². The summed E-state index contributed by atoms with van der Waals surface area (Å²) < 4.78 is 0. The predicted molar refractivity (Wildman–Crippen MR) is 77.9 cm³/mol. The van der Waals surface area contributed by atoms with Crippen LogP contribution in [0, 0.1) is 23.2 Å². The lowest BCUT2D eigenvalue weighted by Crippen LogP contribution is -2.51. The maximum absolute atomic E-state index is 12.7. The van der Waals surface area contributed by atoms with Gasteiger partial charge in [0.2, 0.25) is 5.91 Å². The molecule has 3 fully saturated rings. The number of nitrogens with two attached hydrogens (primary N) is 1. The fraction of sp³-hybridized carbons (Fsp3) is 0.875. The number of amides is 1. The van der Waals surface area contributed by atoms with Crippen molar-refractivity contribution >= 4 is 5.91 Å². The first-order chi connectivity index (χ1) is 10.1. The molecule has 3 aliphatic rings. The maximum Gasteiger partial charge on any atom is 0.241 e. The van der Waals surface area contributed by atoms with Crippen molar-refractivity contribution in [3.63, 3.8) is 0 Å². The highest BCUT2D eigenvalue weighted by Gasteiger charge is 2.55. The van der Waals surface area contributed by atoms with Crippen molar-refractivity contribution in [3.05, 3.63) is 0 Å². The molecule has 1 aliphatic heterocycles. The van der Waals surface area contributed by atoms with Crippen LogP contribution in [0.5, 0.6) is 0 Å². The number of nitrogens with zero attached hydrogens (tertiary/aromatic N) is 2. The van der Waals surface area contributed by atoms with Gasteiger partial charge in [-0.05, 0) is 43.9 Å². The lowest BCUT2D eigenvalue weighted by atomic mass is 9.84. The number of piperidine rings is 1. The minimum atomic E-state index is -0.562. The van der Waals surface area contributed by atoms with Crippen LogP contribution in [-0.2, 0) is 4.79 Å². The number of aliphatic hydroxyl groups is 1. The molecule has 0 aromatic heterocycles. The molecule has 5 heteroatoms. The summed E-state index contributed by atoms with van der Waals surface area (Å²) in [6.45, 7) is 0. The first-order valence-electron chi connectivity index (χ1n) is 8.27. The number of likely N-dealkylation sites (tertiary alicyclic amines) is 1. The number of hydrogen-bond donors (Lipinski definition) is 2. The molecular formula is C16H25N3O2. The van der Waals surface area contributed by atoms with E-state index in [0.717, 1.165) is 44.9 Å². The van der Waals surface area contributed by atoms with E-state index in [1.165, 1.54) is 0 Å². The van der Waals surface area contributed by atoms with Gasteiger partial charge in [0, 0.05) is 6.04 Å². The maximum atomic E-state index is 12.7. The van der Waals surface area contributed by atoms with Crippen molar-refractivity contribution in [2.24, 2.45) is 17.6 Å². The van der Waals surface area contributed by atoms with Crippen molar-refractivity contribution in [2.75, 3.05) is 0 Å². The molecule has 116 valence electrons. The van der Waals surface area contributed by atoms with Crippen LogP contribution in [0.4, 0.5) is 0 Å². The van der Waals surface area contributed by atoms with Gasteiger partial charge < -0.3 is 15.7 Å². The molecule has 2 aliphatic carbocycles. The van der Waals surface area contributed by atoms with Crippen LogP contribution in [0.1, 0.15) is 51.4 Å². The number of aliphatic hydroxyl groups excluding tert-OH is 1. The molecule has 1 saturated heterocycles. The van der Waals surface area contributed by atoms with Crippen molar-refractivity contribution in [3.8, 4) is 6.07 Å². The highest BCUT2D eigenvalue weighted by molar-refractivity contribution is 5.83. The zero-order chi connectivity index (χ0) is 15.0. The lowest BCUT2D eigenvalue weighted by Gasteiger charge is -2.32. The van der Waals surface area contributed by atoms with E-state index >= 15 is 0 Å². The van der Waals surface area contributed by atoms with Crippen LogP contribution < -0.4 is 5.73 Å². The fourth-order valence-corrected chi connectivity index (χ4v) is 4.14. The van der Waals surface area contributed by atoms with Gasteiger partial charge in [-0.3, -0.25) is 4.79 Å². The summed E-state index contributed by atoms with van der Waals surface area (Å²) in [5, 5.41) is 19.2. The van der Waals surface area contributed by atoms with E-state index in [9.17, 15) is 15.2 Å². The molecule has 3 rings (SSSR count). The first kappa shape index (κ1) is 14.8. The Kier molecular flexibility index (Phi) is 4.19. The molecule has 3 N–H and O–H groups in total. The van der Waals surface area contributed by atoms with Crippen LogP contribution >= 0.6 is 0 Å². The van der Waals surface area contributed by atoms with Crippen LogP contribution in [-0.4, -0.2) is 40.1 Å². The average molecular weight is 291 g/mol. The Labute approximate surface area is 126 Å². The monoisotopic (exact) mass is 291 g/mol. The van der Waals surface area contributed by atoms with Gasteiger partial charge in [-0.2, -0.15) is 5.26 Å². The second kappa shape index (κ2) is 5.94. The van der Waals surface area contributed by atoms with Crippen molar-refractivity contribution in [2.45, 2.75) is 75.6 Å². The fourth-order valence-electron chi connectivity index (χ4n) is 4.14. The molecule has 21 heavy (non-hydrogen) atoms. The van der Waals surface area contributed by atoms with Crippen molar-refractivity contribution in [1.82, 2.24) is 4.90 Å². The van der Waals surface area contributed by atoms with E-state index in [-0.39, 0.29) is 30.0 Å². The minimum absolute atomic E-state index is 0.0462. The first-order valence-corrected chi connectivity index (χ1v) is 8.27. The molecule has 1 heterocycles. The van der Waals surface area contributed by atoms with E-state index in [0.29, 0.717) is 12.3 Å². The van der Waals surface area contributed by atoms with E-state index in [2.05, 4.69) is 6.07 Å². The Hall–Kier alpha value is -1.12. The van der Waals surface area contributed by atoms with Crippen molar-refractivity contribution in [1.29, 1.82) is 5.26 Å². The second-order valence-corrected chi connectivity index (χ2v) is 7.00. The Bertz CT molecular complexity index is 447. The Morgan fingerprint density at radius 1 is 1.24 bits per heavy atom. The molecule has 0 aromatic carbocycles. The summed E-state index contributed by atoms with van der Waals surface area (Å²) >= 11 is 0. The zero-order valence-corrected chi connectivity index (χ0v) is 12.4. The number of nitriles is 1. The van der Waals surface area contributed by atoms with Gasteiger partial charge >= 0.3 is 0 Å². The number of carbonyl (C=O) groups is 1. The van der Waals surface area contributed by atoms with Gasteiger partial charge in [-0.25, -0.2) is 0 Å². The van der Waals surface area contributed by atoms with Gasteiger partial charge in [0.25, 0.3) is 0 Å². The van der Waals surface area contributed by atoms with E-state index < -0.39 is 6.04 Å². The van der Waals surface area contributed by atoms with Crippen molar-refractivity contribution < 1.29 is 9.90 Å². The van der Waals surface area contributed by atoms with E-state index in [4.69, 9.17) is 5.73 Å². The Morgan fingerprint density at radius 3 is 2.76 bits per heavy atom. The highest BCUT2D eigenvalue weighted by Crippen LogP contribution is 2.48. The van der Waals surface area contributed by atoms with Crippen LogP contribution in [0.2, 0.25) is 0 Å². The molecule has 6 atom stereocenters. The second-order valence-electron chi connectivity index (χ2n) is 7.00.